The fourth-order valence-electron chi connectivity index (χ4n) is 1.69. The van der Waals surface area contributed by atoms with E-state index < -0.39 is 0 Å². The van der Waals surface area contributed by atoms with Crippen LogP contribution in [0.15, 0.2) is 18.2 Å². The van der Waals surface area contributed by atoms with Gasteiger partial charge < -0.3 is 9.47 Å². The molecule has 0 heterocycles. The van der Waals surface area contributed by atoms with Gasteiger partial charge in [0.05, 0.1) is 12.7 Å². The normalized spacial score (nSPS) is 10.6. The summed E-state index contributed by atoms with van der Waals surface area (Å²) < 4.78 is 11.7. The monoisotopic (exact) mass is 300 g/mol. The van der Waals surface area contributed by atoms with Crippen LogP contribution >= 0.6 is 15.9 Å². The van der Waals surface area contributed by atoms with Gasteiger partial charge in [-0.15, -0.1) is 0 Å². The largest absolute Gasteiger partial charge is 0.490 e. The molecule has 0 aromatic heterocycles. The average Bonchev–Trinajstić information content (AvgIpc) is 2.37. The minimum Gasteiger partial charge on any atom is -0.490 e. The van der Waals surface area contributed by atoms with Crippen LogP contribution in [0.25, 0.3) is 0 Å². The van der Waals surface area contributed by atoms with Gasteiger partial charge in [-0.2, -0.15) is 0 Å². The molecular weight excluding hydrogens is 280 g/mol. The van der Waals surface area contributed by atoms with Gasteiger partial charge in [-0.05, 0) is 25.8 Å². The predicted molar refractivity (Wildman–Crippen MR) is 75.2 cm³/mol. The number of para-hydroxylation sites is 1. The molecule has 96 valence electrons. The first-order valence-electron chi connectivity index (χ1n) is 6.24. The quantitative estimate of drug-likeness (QED) is 0.688. The van der Waals surface area contributed by atoms with E-state index in [4.69, 9.17) is 9.47 Å². The Hall–Kier alpha value is -0.700. The molecule has 0 aliphatic heterocycles. The van der Waals surface area contributed by atoms with Crippen molar-refractivity contribution >= 4 is 15.9 Å². The molecule has 0 saturated carbocycles. The van der Waals surface area contributed by atoms with Crippen LogP contribution in [-0.4, -0.2) is 12.7 Å². The van der Waals surface area contributed by atoms with Crippen LogP contribution in [-0.2, 0) is 5.33 Å². The van der Waals surface area contributed by atoms with Crippen LogP contribution < -0.4 is 9.47 Å². The Labute approximate surface area is 112 Å². The third-order valence-electron chi connectivity index (χ3n) is 2.70. The van der Waals surface area contributed by atoms with Crippen molar-refractivity contribution in [2.75, 3.05) is 6.61 Å². The lowest BCUT2D eigenvalue weighted by molar-refractivity contribution is 0.180. The molecule has 0 saturated heterocycles. The Balaban J connectivity index is 2.99. The lowest BCUT2D eigenvalue weighted by Gasteiger charge is -2.20. The highest BCUT2D eigenvalue weighted by molar-refractivity contribution is 9.08. The highest BCUT2D eigenvalue weighted by atomic mass is 79.9. The molecule has 0 radical (unpaired) electrons. The molecule has 0 amide bonds. The van der Waals surface area contributed by atoms with Crippen LogP contribution in [0.4, 0.5) is 0 Å². The van der Waals surface area contributed by atoms with Crippen molar-refractivity contribution in [3.05, 3.63) is 23.8 Å². The molecule has 0 atom stereocenters. The molecular formula is C14H21BrO2. The molecule has 0 spiro atoms. The van der Waals surface area contributed by atoms with E-state index in [-0.39, 0.29) is 6.10 Å². The molecule has 0 aliphatic rings. The van der Waals surface area contributed by atoms with E-state index >= 15 is 0 Å². The van der Waals surface area contributed by atoms with Gasteiger partial charge in [-0.3, -0.25) is 0 Å². The molecule has 0 unspecified atom stereocenters. The first-order valence-corrected chi connectivity index (χ1v) is 7.36. The van der Waals surface area contributed by atoms with Gasteiger partial charge in [0.1, 0.15) is 0 Å². The molecule has 0 aliphatic carbocycles. The van der Waals surface area contributed by atoms with E-state index in [1.54, 1.807) is 0 Å². The Kier molecular flexibility index (Phi) is 6.41. The number of rotatable bonds is 7. The lowest BCUT2D eigenvalue weighted by atomic mass is 10.2. The summed E-state index contributed by atoms with van der Waals surface area (Å²) in [5.41, 5.74) is 1.14. The zero-order valence-corrected chi connectivity index (χ0v) is 12.4. The van der Waals surface area contributed by atoms with Gasteiger partial charge in [0.25, 0.3) is 0 Å². The minimum atomic E-state index is 0.259. The van der Waals surface area contributed by atoms with E-state index in [9.17, 15) is 0 Å². The summed E-state index contributed by atoms with van der Waals surface area (Å²) in [6, 6.07) is 6.03. The molecule has 0 N–H and O–H groups in total. The molecule has 0 fully saturated rings. The highest BCUT2D eigenvalue weighted by Gasteiger charge is 2.14. The Morgan fingerprint density at radius 3 is 2.41 bits per heavy atom. The summed E-state index contributed by atoms with van der Waals surface area (Å²) in [7, 11) is 0. The molecule has 2 nitrogen and oxygen atoms in total. The third-order valence-corrected chi connectivity index (χ3v) is 3.30. The van der Waals surface area contributed by atoms with Crippen LogP contribution in [0, 0.1) is 0 Å². The van der Waals surface area contributed by atoms with Crippen LogP contribution in [0.5, 0.6) is 11.5 Å². The van der Waals surface area contributed by atoms with E-state index in [0.29, 0.717) is 6.61 Å². The third kappa shape index (κ3) is 3.91. The average molecular weight is 301 g/mol. The van der Waals surface area contributed by atoms with Gasteiger partial charge in [0.2, 0.25) is 0 Å². The van der Waals surface area contributed by atoms with Gasteiger partial charge in [-0.1, -0.05) is 41.9 Å². The van der Waals surface area contributed by atoms with Crippen LogP contribution in [0.3, 0.4) is 0 Å². The second-order valence-corrected chi connectivity index (χ2v) is 4.43. The van der Waals surface area contributed by atoms with Crippen molar-refractivity contribution in [1.29, 1.82) is 0 Å². The summed E-state index contributed by atoms with van der Waals surface area (Å²) in [5, 5.41) is 0.781. The summed E-state index contributed by atoms with van der Waals surface area (Å²) >= 11 is 3.49. The van der Waals surface area contributed by atoms with Gasteiger partial charge >= 0.3 is 0 Å². The van der Waals surface area contributed by atoms with E-state index in [2.05, 4.69) is 35.8 Å². The zero-order valence-electron chi connectivity index (χ0n) is 10.8. The zero-order chi connectivity index (χ0) is 12.7. The Bertz CT molecular complexity index is 335. The van der Waals surface area contributed by atoms with Gasteiger partial charge in [0, 0.05) is 10.9 Å². The van der Waals surface area contributed by atoms with Crippen molar-refractivity contribution in [2.24, 2.45) is 0 Å². The number of alkyl halides is 1. The fraction of sp³-hybridized carbons (Fsp3) is 0.571. The first kappa shape index (κ1) is 14.4. The second kappa shape index (κ2) is 7.59. The summed E-state index contributed by atoms with van der Waals surface area (Å²) in [6.07, 6.45) is 2.28. The maximum absolute atomic E-state index is 6.06. The van der Waals surface area contributed by atoms with Gasteiger partial charge in [0.15, 0.2) is 11.5 Å². The number of benzene rings is 1. The number of hydrogen-bond acceptors (Lipinski definition) is 2. The van der Waals surface area contributed by atoms with E-state index in [1.165, 1.54) is 0 Å². The molecule has 0 bridgehead atoms. The molecule has 3 heteroatoms. The Morgan fingerprint density at radius 1 is 1.18 bits per heavy atom. The molecule has 1 aromatic rings. The standard InChI is InChI=1S/C14H21BrO2/c1-4-12(5-2)17-14-11(10-15)8-7-9-13(14)16-6-3/h7-9,12H,4-6,10H2,1-3H3. The first-order chi connectivity index (χ1) is 8.26. The van der Waals surface area contributed by atoms with Crippen molar-refractivity contribution < 1.29 is 9.47 Å². The van der Waals surface area contributed by atoms with Gasteiger partial charge in [-0.25, -0.2) is 0 Å². The smallest absolute Gasteiger partial charge is 0.165 e. The fourth-order valence-corrected chi connectivity index (χ4v) is 2.13. The lowest BCUT2D eigenvalue weighted by Crippen LogP contribution is -2.15. The molecule has 17 heavy (non-hydrogen) atoms. The highest BCUT2D eigenvalue weighted by Crippen LogP contribution is 2.34. The SMILES string of the molecule is CCOc1cccc(CBr)c1OC(CC)CC. The van der Waals surface area contributed by atoms with Crippen molar-refractivity contribution in [2.45, 2.75) is 45.0 Å². The maximum atomic E-state index is 6.06. The molecule has 1 aromatic carbocycles. The predicted octanol–water partition coefficient (Wildman–Crippen LogP) is 4.55. The maximum Gasteiger partial charge on any atom is 0.165 e. The van der Waals surface area contributed by atoms with Crippen LogP contribution in [0.2, 0.25) is 0 Å². The van der Waals surface area contributed by atoms with E-state index in [0.717, 1.165) is 35.2 Å². The molecule has 1 rings (SSSR count). The number of ether oxygens (including phenoxy) is 2. The van der Waals surface area contributed by atoms with E-state index in [1.807, 2.05) is 19.1 Å². The van der Waals surface area contributed by atoms with Crippen molar-refractivity contribution in [1.82, 2.24) is 0 Å². The summed E-state index contributed by atoms with van der Waals surface area (Å²) in [6.45, 7) is 6.93. The number of halogens is 1. The van der Waals surface area contributed by atoms with Crippen molar-refractivity contribution in [3.63, 3.8) is 0 Å². The topological polar surface area (TPSA) is 18.5 Å². The summed E-state index contributed by atoms with van der Waals surface area (Å²) in [4.78, 5) is 0. The number of hydrogen-bond donors (Lipinski definition) is 0. The van der Waals surface area contributed by atoms with Crippen LogP contribution in [0.1, 0.15) is 39.2 Å². The summed E-state index contributed by atoms with van der Waals surface area (Å²) in [5.74, 6) is 1.73. The van der Waals surface area contributed by atoms with Crippen molar-refractivity contribution in [3.8, 4) is 11.5 Å². The minimum absolute atomic E-state index is 0.259. The Morgan fingerprint density at radius 2 is 1.88 bits per heavy atom. The second-order valence-electron chi connectivity index (χ2n) is 3.87.